The van der Waals surface area contributed by atoms with Crippen molar-refractivity contribution in [1.29, 1.82) is 0 Å². The molecule has 1 rings (SSSR count). The van der Waals surface area contributed by atoms with Crippen molar-refractivity contribution in [3.63, 3.8) is 0 Å². The largest absolute Gasteiger partial charge is 0.465 e. The Bertz CT molecular complexity index is 396. The third-order valence-electron chi connectivity index (χ3n) is 1.59. The summed E-state index contributed by atoms with van der Waals surface area (Å²) in [6, 6.07) is 3.93. The number of nitro groups is 1. The first-order chi connectivity index (χ1) is 6.56. The molecule has 0 aliphatic rings. The van der Waals surface area contributed by atoms with Gasteiger partial charge in [0.25, 0.3) is 5.69 Å². The molecule has 0 fully saturated rings. The van der Waals surface area contributed by atoms with Gasteiger partial charge in [-0.1, -0.05) is 0 Å². The number of methoxy groups -OCH3 is 1. The predicted octanol–water partition coefficient (Wildman–Crippen LogP) is 1.67. The third kappa shape index (κ3) is 3.28. The van der Waals surface area contributed by atoms with E-state index in [1.165, 1.54) is 19.2 Å². The number of benzene rings is 1. The van der Waals surface area contributed by atoms with E-state index in [1.54, 1.807) is 0 Å². The summed E-state index contributed by atoms with van der Waals surface area (Å²) in [6.07, 6.45) is 0. The van der Waals surface area contributed by atoms with E-state index in [9.17, 15) is 14.9 Å². The van der Waals surface area contributed by atoms with Crippen molar-refractivity contribution in [1.82, 2.24) is 0 Å². The van der Waals surface area contributed by atoms with Gasteiger partial charge >= 0.3 is 5.97 Å². The number of thiol groups is 1. The van der Waals surface area contributed by atoms with E-state index < -0.39 is 10.9 Å². The van der Waals surface area contributed by atoms with E-state index in [4.69, 9.17) is 0 Å². The van der Waals surface area contributed by atoms with E-state index in [0.29, 0.717) is 0 Å². The van der Waals surface area contributed by atoms with Crippen LogP contribution < -0.4 is 0 Å². The maximum atomic E-state index is 11.0. The Morgan fingerprint density at radius 1 is 1.53 bits per heavy atom. The summed E-state index contributed by atoms with van der Waals surface area (Å²) in [7, 11) is 1.21. The minimum atomic E-state index is -0.610. The Labute approximate surface area is 104 Å². The van der Waals surface area contributed by atoms with Crippen LogP contribution in [0, 0.1) is 10.1 Å². The van der Waals surface area contributed by atoms with Crippen LogP contribution in [0.25, 0.3) is 0 Å². The van der Waals surface area contributed by atoms with Crippen LogP contribution in [0.2, 0.25) is 0 Å². The van der Waals surface area contributed by atoms with Gasteiger partial charge in [0.15, 0.2) is 0 Å². The fourth-order valence-corrected chi connectivity index (χ4v) is 1.14. The van der Waals surface area contributed by atoms with Crippen molar-refractivity contribution in [2.45, 2.75) is 4.90 Å². The molecular weight excluding hydrogens is 272 g/mol. The first kappa shape index (κ1) is 14.1. The molecule has 7 heteroatoms. The van der Waals surface area contributed by atoms with Gasteiger partial charge in [0, 0.05) is 25.5 Å². The number of rotatable bonds is 2. The molecule has 0 N–H and O–H groups in total. The van der Waals surface area contributed by atoms with Crippen molar-refractivity contribution in [3.8, 4) is 0 Å². The van der Waals surface area contributed by atoms with Crippen molar-refractivity contribution in [2.75, 3.05) is 7.11 Å². The molecule has 15 heavy (non-hydrogen) atoms. The number of hydrogen-bond donors (Lipinski definition) is 1. The zero-order valence-electron chi connectivity index (χ0n) is 7.97. The number of hydrogen-bond acceptors (Lipinski definition) is 5. The summed E-state index contributed by atoms with van der Waals surface area (Å²) in [4.78, 5) is 21.1. The molecule has 0 aromatic heterocycles. The molecule has 0 aliphatic heterocycles. The molecule has 0 aliphatic carbocycles. The van der Waals surface area contributed by atoms with E-state index >= 15 is 0 Å². The van der Waals surface area contributed by atoms with Gasteiger partial charge in [-0.25, -0.2) is 4.79 Å². The predicted molar refractivity (Wildman–Crippen MR) is 51.7 cm³/mol. The quantitative estimate of drug-likeness (QED) is 0.294. The monoisotopic (exact) mass is 277 g/mol. The second-order valence-electron chi connectivity index (χ2n) is 2.45. The van der Waals surface area contributed by atoms with Gasteiger partial charge in [-0.15, -0.1) is 12.6 Å². The number of ether oxygens (including phenoxy) is 1. The van der Waals surface area contributed by atoms with Gasteiger partial charge in [0.1, 0.15) is 0 Å². The second kappa shape index (κ2) is 5.83. The van der Waals surface area contributed by atoms with Gasteiger partial charge in [0.2, 0.25) is 0 Å². The molecule has 0 unspecified atom stereocenters. The normalized spacial score (nSPS) is 8.93. The Hall–Kier alpha value is -0.937. The molecule has 1 aromatic rings. The number of nitro benzene ring substituents is 1. The molecule has 0 atom stereocenters. The van der Waals surface area contributed by atoms with Crippen LogP contribution >= 0.6 is 12.6 Å². The standard InChI is InChI=1S/C8H7NO4S.Zn/c1-13-8(10)5-2-3-7(14)6(4-5)9(11)12;/h2-4,14H,1H3;. The summed E-state index contributed by atoms with van der Waals surface area (Å²) >= 11 is 3.89. The number of carbonyl (C=O) groups excluding carboxylic acids is 1. The van der Waals surface area contributed by atoms with Crippen molar-refractivity contribution in [2.24, 2.45) is 0 Å². The van der Waals surface area contributed by atoms with E-state index in [0.717, 1.165) is 6.07 Å². The van der Waals surface area contributed by atoms with Crippen molar-refractivity contribution in [3.05, 3.63) is 33.9 Å². The first-order valence-electron chi connectivity index (χ1n) is 3.62. The summed E-state index contributed by atoms with van der Waals surface area (Å²) in [5.74, 6) is -0.610. The minimum absolute atomic E-state index is 0. The zero-order valence-corrected chi connectivity index (χ0v) is 11.8. The summed E-state index contributed by atoms with van der Waals surface area (Å²) < 4.78 is 4.42. The van der Waals surface area contributed by atoms with Gasteiger partial charge in [-0.2, -0.15) is 0 Å². The van der Waals surface area contributed by atoms with Gasteiger partial charge in [0.05, 0.1) is 22.5 Å². The molecule has 0 saturated heterocycles. The van der Waals surface area contributed by atoms with Crippen molar-refractivity contribution < 1.29 is 33.9 Å². The van der Waals surface area contributed by atoms with Crippen LogP contribution in [0.1, 0.15) is 10.4 Å². The molecule has 0 heterocycles. The molecule has 0 bridgehead atoms. The maximum Gasteiger partial charge on any atom is 0.338 e. The van der Waals surface area contributed by atoms with E-state index in [2.05, 4.69) is 17.4 Å². The number of esters is 1. The second-order valence-corrected chi connectivity index (χ2v) is 2.93. The Morgan fingerprint density at radius 3 is 2.60 bits per heavy atom. The average molecular weight is 279 g/mol. The molecule has 5 nitrogen and oxygen atoms in total. The fraction of sp³-hybridized carbons (Fsp3) is 0.125. The SMILES string of the molecule is COC(=O)c1ccc(S)c([N+](=O)[O-])c1.[Zn]. The molecule has 0 saturated carbocycles. The molecular formula is C8H7NO4SZn. The van der Waals surface area contributed by atoms with Crippen LogP contribution in [0.3, 0.4) is 0 Å². The van der Waals surface area contributed by atoms with Gasteiger partial charge in [-0.3, -0.25) is 10.1 Å². The van der Waals surface area contributed by atoms with Crippen LogP contribution in [0.5, 0.6) is 0 Å². The van der Waals surface area contributed by atoms with E-state index in [-0.39, 0.29) is 35.6 Å². The van der Waals surface area contributed by atoms with Gasteiger partial charge in [-0.05, 0) is 12.1 Å². The maximum absolute atomic E-state index is 11.0. The van der Waals surface area contributed by atoms with Gasteiger partial charge < -0.3 is 4.74 Å². The third-order valence-corrected chi connectivity index (χ3v) is 1.97. The van der Waals surface area contributed by atoms with Crippen LogP contribution in [0.15, 0.2) is 23.1 Å². The number of carbonyl (C=O) groups is 1. The molecule has 0 spiro atoms. The first-order valence-corrected chi connectivity index (χ1v) is 4.06. The van der Waals surface area contributed by atoms with Crippen LogP contribution in [-0.4, -0.2) is 18.0 Å². The average Bonchev–Trinajstić information content (AvgIpc) is 2.17. The van der Waals surface area contributed by atoms with Crippen molar-refractivity contribution >= 4 is 24.3 Å². The summed E-state index contributed by atoms with van der Waals surface area (Å²) in [6.45, 7) is 0. The van der Waals surface area contributed by atoms with E-state index in [1.807, 2.05) is 0 Å². The van der Waals surface area contributed by atoms with Crippen LogP contribution in [0.4, 0.5) is 5.69 Å². The molecule has 0 amide bonds. The minimum Gasteiger partial charge on any atom is -0.465 e. The fourth-order valence-electron chi connectivity index (χ4n) is 0.914. The Morgan fingerprint density at radius 2 is 2.13 bits per heavy atom. The molecule has 76 valence electrons. The molecule has 0 radical (unpaired) electrons. The Balaban J connectivity index is 0.00000196. The number of nitrogens with zero attached hydrogens (tertiary/aromatic N) is 1. The van der Waals surface area contributed by atoms with Crippen LogP contribution in [-0.2, 0) is 24.2 Å². The smallest absolute Gasteiger partial charge is 0.338 e. The summed E-state index contributed by atoms with van der Waals surface area (Å²) in [5.41, 5.74) is -0.0757. The Kier molecular flexibility index (Phi) is 5.46. The zero-order chi connectivity index (χ0) is 10.7. The summed E-state index contributed by atoms with van der Waals surface area (Å²) in [5, 5.41) is 10.5. The molecule has 1 aromatic carbocycles. The topological polar surface area (TPSA) is 69.4 Å².